The Kier molecular flexibility index (Phi) is 6.34. The number of anilines is 1. The minimum absolute atomic E-state index is 0.0822. The molecule has 4 rings (SSSR count). The van der Waals surface area contributed by atoms with Crippen LogP contribution < -0.4 is 10.9 Å². The number of aryl methyl sites for hydroxylation is 1. The third-order valence-corrected chi connectivity index (χ3v) is 6.16. The normalized spacial score (nSPS) is 15.2. The number of nitrogens with zero attached hydrogens (tertiary/aromatic N) is 4. The number of thiophene rings is 1. The van der Waals surface area contributed by atoms with Crippen LogP contribution in [0.3, 0.4) is 0 Å². The lowest BCUT2D eigenvalue weighted by atomic mass is 9.98. The smallest absolute Gasteiger partial charge is 0.286 e. The van der Waals surface area contributed by atoms with Crippen LogP contribution in [0.5, 0.6) is 0 Å². The van der Waals surface area contributed by atoms with Crippen LogP contribution in [0, 0.1) is 23.6 Å². The van der Waals surface area contributed by atoms with Crippen molar-refractivity contribution in [3.05, 3.63) is 61.4 Å². The summed E-state index contributed by atoms with van der Waals surface area (Å²) in [5.41, 5.74) is -0.847. The van der Waals surface area contributed by atoms with Gasteiger partial charge in [-0.2, -0.15) is 0 Å². The van der Waals surface area contributed by atoms with Crippen LogP contribution in [0.2, 0.25) is 4.34 Å². The zero-order chi connectivity index (χ0) is 22.8. The van der Waals surface area contributed by atoms with Crippen LogP contribution in [-0.4, -0.2) is 31.7 Å². The third-order valence-electron chi connectivity index (χ3n) is 4.80. The van der Waals surface area contributed by atoms with E-state index >= 15 is 0 Å². The Labute approximate surface area is 188 Å². The number of halogens is 4. The molecule has 1 atom stereocenters. The van der Waals surface area contributed by atoms with E-state index in [1.54, 1.807) is 6.33 Å². The highest BCUT2D eigenvalue weighted by Crippen LogP contribution is 2.28. The van der Waals surface area contributed by atoms with Gasteiger partial charge in [0, 0.05) is 31.1 Å². The van der Waals surface area contributed by atoms with Gasteiger partial charge in [0.05, 0.1) is 22.7 Å². The number of aromatic nitrogens is 4. The van der Waals surface area contributed by atoms with Crippen molar-refractivity contribution in [1.29, 1.82) is 0 Å². The maximum Gasteiger partial charge on any atom is 0.286 e. The molecule has 3 aromatic heterocycles. The van der Waals surface area contributed by atoms with Crippen molar-refractivity contribution in [1.82, 2.24) is 19.3 Å². The molecule has 32 heavy (non-hydrogen) atoms. The summed E-state index contributed by atoms with van der Waals surface area (Å²) in [6.45, 7) is -0.210. The van der Waals surface area contributed by atoms with Crippen LogP contribution in [0.1, 0.15) is 27.5 Å². The van der Waals surface area contributed by atoms with Crippen molar-refractivity contribution in [3.8, 4) is 11.8 Å². The predicted octanol–water partition coefficient (Wildman–Crippen LogP) is 3.43. The van der Waals surface area contributed by atoms with Gasteiger partial charge in [-0.15, -0.1) is 21.5 Å². The minimum atomic E-state index is -2.85. The average Bonchev–Trinajstić information content (AvgIpc) is 3.35. The molecule has 1 N–H and O–H groups in total. The van der Waals surface area contributed by atoms with Gasteiger partial charge >= 0.3 is 0 Å². The Morgan fingerprint density at radius 2 is 2.22 bits per heavy atom. The molecular formula is C20H15ClF3N5O2S. The fourth-order valence-corrected chi connectivity index (χ4v) is 4.34. The number of alkyl halides is 2. The highest BCUT2D eigenvalue weighted by molar-refractivity contribution is 7.18. The summed E-state index contributed by atoms with van der Waals surface area (Å²) in [6, 6.07) is 2.28. The van der Waals surface area contributed by atoms with E-state index in [4.69, 9.17) is 11.6 Å². The molecule has 0 fully saturated rings. The van der Waals surface area contributed by atoms with E-state index in [0.717, 1.165) is 42.4 Å². The van der Waals surface area contributed by atoms with E-state index in [2.05, 4.69) is 27.4 Å². The molecule has 0 saturated heterocycles. The first-order chi connectivity index (χ1) is 15.3. The molecule has 0 bridgehead atoms. The molecule has 7 nitrogen and oxygen atoms in total. The number of carbonyl (C=O) groups is 1. The molecule has 4 heterocycles. The SMILES string of the molecule is O=C(Nc1cc(F)c(=O)n(CC(F)F)c1)c1cc(C#CC2CCn3cnnc3C2)c(Cl)s1. The lowest BCUT2D eigenvalue weighted by Crippen LogP contribution is -2.26. The molecule has 0 spiro atoms. The predicted molar refractivity (Wildman–Crippen MR) is 113 cm³/mol. The number of rotatable bonds is 4. The van der Waals surface area contributed by atoms with Gasteiger partial charge in [-0.05, 0) is 12.5 Å². The van der Waals surface area contributed by atoms with Crippen LogP contribution in [-0.2, 0) is 19.5 Å². The Hall–Kier alpha value is -3.10. The standard InChI is InChI=1S/C20H15ClF3N5O2S/c21-18-12(2-1-11-3-4-28-10-25-27-17(28)5-11)6-15(32-18)19(30)26-13-7-14(22)20(31)29(8-13)9-16(23)24/h6-8,10-11,16H,3-5,9H2,(H,26,30). The van der Waals surface area contributed by atoms with E-state index in [1.165, 1.54) is 6.07 Å². The molecule has 3 aromatic rings. The van der Waals surface area contributed by atoms with Gasteiger partial charge in [0.2, 0.25) is 0 Å². The number of nitrogens with one attached hydrogen (secondary N) is 1. The molecule has 1 aliphatic rings. The highest BCUT2D eigenvalue weighted by atomic mass is 35.5. The number of amides is 1. The lowest BCUT2D eigenvalue weighted by molar-refractivity contribution is 0.103. The Balaban J connectivity index is 1.48. The molecular weight excluding hydrogens is 467 g/mol. The van der Waals surface area contributed by atoms with Gasteiger partial charge in [-0.25, -0.2) is 13.2 Å². The molecule has 12 heteroatoms. The second-order valence-electron chi connectivity index (χ2n) is 7.08. The zero-order valence-corrected chi connectivity index (χ0v) is 17.9. The summed E-state index contributed by atoms with van der Waals surface area (Å²) in [7, 11) is 0. The molecule has 0 saturated carbocycles. The van der Waals surface area contributed by atoms with Crippen molar-refractivity contribution in [3.63, 3.8) is 0 Å². The summed E-state index contributed by atoms with van der Waals surface area (Å²) in [6.07, 6.45) is 1.31. The van der Waals surface area contributed by atoms with E-state index in [0.29, 0.717) is 20.9 Å². The Morgan fingerprint density at radius 1 is 1.41 bits per heavy atom. The second-order valence-corrected chi connectivity index (χ2v) is 8.73. The molecule has 1 amide bonds. The quantitative estimate of drug-likeness (QED) is 0.579. The monoisotopic (exact) mass is 481 g/mol. The largest absolute Gasteiger partial charge is 0.320 e. The maximum atomic E-state index is 13.8. The first-order valence-electron chi connectivity index (χ1n) is 9.47. The summed E-state index contributed by atoms with van der Waals surface area (Å²) in [4.78, 5) is 24.4. The van der Waals surface area contributed by atoms with Crippen LogP contribution >= 0.6 is 22.9 Å². The molecule has 0 aliphatic carbocycles. The minimum Gasteiger partial charge on any atom is -0.320 e. The van der Waals surface area contributed by atoms with Crippen molar-refractivity contribution >= 4 is 34.5 Å². The van der Waals surface area contributed by atoms with Gasteiger partial charge in [0.15, 0.2) is 5.82 Å². The first kappa shape index (κ1) is 22.1. The maximum absolute atomic E-state index is 13.8. The fraction of sp³-hybridized carbons (Fsp3) is 0.300. The topological polar surface area (TPSA) is 81.8 Å². The third kappa shape index (κ3) is 4.87. The number of hydrogen-bond acceptors (Lipinski definition) is 5. The van der Waals surface area contributed by atoms with Gasteiger partial charge in [-0.1, -0.05) is 23.4 Å². The Bertz CT molecular complexity index is 1290. The van der Waals surface area contributed by atoms with E-state index in [9.17, 15) is 22.8 Å². The molecule has 0 aromatic carbocycles. The lowest BCUT2D eigenvalue weighted by Gasteiger charge is -2.17. The summed E-state index contributed by atoms with van der Waals surface area (Å²) >= 11 is 7.21. The van der Waals surface area contributed by atoms with Crippen LogP contribution in [0.15, 0.2) is 29.5 Å². The molecule has 0 radical (unpaired) electrons. The zero-order valence-electron chi connectivity index (χ0n) is 16.3. The highest BCUT2D eigenvalue weighted by Gasteiger charge is 2.19. The van der Waals surface area contributed by atoms with Crippen molar-refractivity contribution in [2.75, 3.05) is 5.32 Å². The number of fused-ring (bicyclic) bond motifs is 1. The van der Waals surface area contributed by atoms with Gasteiger partial charge in [0.25, 0.3) is 17.9 Å². The molecule has 166 valence electrons. The van der Waals surface area contributed by atoms with Crippen LogP contribution in [0.25, 0.3) is 0 Å². The van der Waals surface area contributed by atoms with E-state index in [1.807, 2.05) is 4.57 Å². The average molecular weight is 482 g/mol. The Morgan fingerprint density at radius 3 is 3.00 bits per heavy atom. The van der Waals surface area contributed by atoms with E-state index < -0.39 is 30.3 Å². The fourth-order valence-electron chi connectivity index (χ4n) is 3.25. The van der Waals surface area contributed by atoms with Crippen LogP contribution in [0.4, 0.5) is 18.9 Å². The second kappa shape index (κ2) is 9.18. The number of carbonyl (C=O) groups excluding carboxylic acids is 1. The first-order valence-corrected chi connectivity index (χ1v) is 10.7. The van der Waals surface area contributed by atoms with Gasteiger partial charge in [-0.3, -0.25) is 9.59 Å². The summed E-state index contributed by atoms with van der Waals surface area (Å²) in [5.74, 6) is 5.22. The molecule has 1 unspecified atom stereocenters. The van der Waals surface area contributed by atoms with Gasteiger partial charge < -0.3 is 14.5 Å². The van der Waals surface area contributed by atoms with Crippen molar-refractivity contribution in [2.45, 2.75) is 32.4 Å². The number of pyridine rings is 1. The summed E-state index contributed by atoms with van der Waals surface area (Å²) in [5, 5.41) is 10.3. The van der Waals surface area contributed by atoms with Crippen molar-refractivity contribution in [2.24, 2.45) is 5.92 Å². The van der Waals surface area contributed by atoms with Crippen molar-refractivity contribution < 1.29 is 18.0 Å². The molecule has 1 aliphatic heterocycles. The van der Waals surface area contributed by atoms with E-state index in [-0.39, 0.29) is 16.5 Å². The van der Waals surface area contributed by atoms with Gasteiger partial charge in [0.1, 0.15) is 16.5 Å². The number of hydrogen-bond donors (Lipinski definition) is 1. The summed E-state index contributed by atoms with van der Waals surface area (Å²) < 4.78 is 41.8.